The van der Waals surface area contributed by atoms with Crippen molar-refractivity contribution in [2.45, 2.75) is 23.0 Å². The van der Waals surface area contributed by atoms with E-state index in [1.165, 1.54) is 12.4 Å². The molecule has 2 aromatic heterocycles. The van der Waals surface area contributed by atoms with Crippen molar-refractivity contribution in [1.82, 2.24) is 15.0 Å². The molecule has 3 aromatic rings. The van der Waals surface area contributed by atoms with Crippen molar-refractivity contribution in [3.8, 4) is 17.3 Å². The topological polar surface area (TPSA) is 47.9 Å². The van der Waals surface area contributed by atoms with Crippen LogP contribution < -0.4 is 4.74 Å². The van der Waals surface area contributed by atoms with Crippen molar-refractivity contribution in [2.75, 3.05) is 7.11 Å². The number of ether oxygens (including phenoxy) is 1. The number of alkyl halides is 3. The molecule has 26 heavy (non-hydrogen) atoms. The number of hydrogen-bond acceptors (Lipinski definition) is 5. The van der Waals surface area contributed by atoms with Gasteiger partial charge in [-0.05, 0) is 31.2 Å². The van der Waals surface area contributed by atoms with Gasteiger partial charge in [0.25, 0.3) is 0 Å². The summed E-state index contributed by atoms with van der Waals surface area (Å²) in [5.74, 6) is -0.360. The first-order valence-electron chi connectivity index (χ1n) is 7.56. The van der Waals surface area contributed by atoms with Crippen LogP contribution in [0.4, 0.5) is 13.2 Å². The number of aryl methyl sites for hydroxylation is 1. The molecule has 134 valence electrons. The summed E-state index contributed by atoms with van der Waals surface area (Å²) in [5.41, 5.74) is 0.587. The summed E-state index contributed by atoms with van der Waals surface area (Å²) < 4.78 is 45.8. The first-order valence-corrected chi connectivity index (χ1v) is 8.38. The van der Waals surface area contributed by atoms with E-state index in [1.807, 2.05) is 19.1 Å². The van der Waals surface area contributed by atoms with E-state index in [2.05, 4.69) is 15.0 Å². The van der Waals surface area contributed by atoms with Gasteiger partial charge in [0.1, 0.15) is 5.03 Å². The molecule has 0 bridgehead atoms. The van der Waals surface area contributed by atoms with E-state index in [0.29, 0.717) is 10.5 Å². The molecule has 0 aliphatic carbocycles. The fraction of sp³-hybridized carbons (Fsp3) is 0.167. The Kier molecular flexibility index (Phi) is 5.13. The van der Waals surface area contributed by atoms with Gasteiger partial charge in [-0.25, -0.2) is 4.98 Å². The van der Waals surface area contributed by atoms with Crippen LogP contribution >= 0.6 is 11.8 Å². The molecule has 8 heteroatoms. The van der Waals surface area contributed by atoms with Gasteiger partial charge in [-0.2, -0.15) is 18.2 Å². The van der Waals surface area contributed by atoms with Crippen LogP contribution in [0.5, 0.6) is 5.88 Å². The molecule has 4 nitrogen and oxygen atoms in total. The Hall–Kier alpha value is -2.61. The van der Waals surface area contributed by atoms with Crippen LogP contribution in [0, 0.1) is 6.92 Å². The van der Waals surface area contributed by atoms with Crippen LogP contribution in [0.1, 0.15) is 11.1 Å². The second-order valence-electron chi connectivity index (χ2n) is 5.39. The highest BCUT2D eigenvalue weighted by molar-refractivity contribution is 7.99. The molecule has 0 aliphatic heterocycles. The maximum absolute atomic E-state index is 13.6. The van der Waals surface area contributed by atoms with E-state index in [4.69, 9.17) is 4.74 Å². The molecule has 0 saturated heterocycles. The molecule has 0 amide bonds. The van der Waals surface area contributed by atoms with Crippen molar-refractivity contribution >= 4 is 11.8 Å². The van der Waals surface area contributed by atoms with Crippen molar-refractivity contribution < 1.29 is 17.9 Å². The number of hydrogen-bond donors (Lipinski definition) is 0. The summed E-state index contributed by atoms with van der Waals surface area (Å²) in [4.78, 5) is 12.6. The van der Waals surface area contributed by atoms with Gasteiger partial charge in [-0.15, -0.1) is 0 Å². The smallest absolute Gasteiger partial charge is 0.424 e. The molecule has 0 unspecified atom stereocenters. The van der Waals surface area contributed by atoms with Gasteiger partial charge in [0, 0.05) is 22.9 Å². The average molecular weight is 377 g/mol. The van der Waals surface area contributed by atoms with Crippen molar-refractivity contribution in [3.05, 3.63) is 59.9 Å². The van der Waals surface area contributed by atoms with E-state index in [0.717, 1.165) is 24.4 Å². The second kappa shape index (κ2) is 7.33. The van der Waals surface area contributed by atoms with Crippen LogP contribution in [0.3, 0.4) is 0 Å². The lowest BCUT2D eigenvalue weighted by Crippen LogP contribution is -2.13. The maximum atomic E-state index is 13.6. The summed E-state index contributed by atoms with van der Waals surface area (Å²) in [5, 5.41) is -0.208. The third-order valence-electron chi connectivity index (χ3n) is 3.49. The van der Waals surface area contributed by atoms with Gasteiger partial charge in [0.15, 0.2) is 11.4 Å². The lowest BCUT2D eigenvalue weighted by Gasteiger charge is -2.16. The molecule has 0 aliphatic rings. The van der Waals surface area contributed by atoms with Crippen LogP contribution in [-0.4, -0.2) is 22.1 Å². The molecular formula is C18H14F3N3OS. The summed E-state index contributed by atoms with van der Waals surface area (Å²) in [6, 6.07) is 10.4. The van der Waals surface area contributed by atoms with Crippen LogP contribution in [-0.2, 0) is 6.18 Å². The zero-order valence-corrected chi connectivity index (χ0v) is 14.7. The van der Waals surface area contributed by atoms with Gasteiger partial charge in [-0.1, -0.05) is 29.5 Å². The minimum atomic E-state index is -4.64. The predicted octanol–water partition coefficient (Wildman–Crippen LogP) is 5.03. The maximum Gasteiger partial charge on any atom is 0.424 e. The van der Waals surface area contributed by atoms with Crippen molar-refractivity contribution in [3.63, 3.8) is 0 Å². The molecule has 0 saturated carbocycles. The Balaban J connectivity index is 2.16. The van der Waals surface area contributed by atoms with E-state index < -0.39 is 17.6 Å². The van der Waals surface area contributed by atoms with Gasteiger partial charge < -0.3 is 4.74 Å². The fourth-order valence-corrected chi connectivity index (χ4v) is 3.17. The average Bonchev–Trinajstić information content (AvgIpc) is 2.62. The minimum Gasteiger partial charge on any atom is -0.480 e. The Bertz CT molecular complexity index is 900. The quantitative estimate of drug-likeness (QED) is 0.597. The first kappa shape index (κ1) is 18.2. The number of aromatic nitrogens is 3. The number of halogens is 3. The Morgan fingerprint density at radius 1 is 0.962 bits per heavy atom. The Morgan fingerprint density at radius 2 is 1.62 bits per heavy atom. The third-order valence-corrected chi connectivity index (χ3v) is 4.49. The number of nitrogens with zero attached hydrogens (tertiary/aromatic N) is 3. The lowest BCUT2D eigenvalue weighted by atomic mass is 10.2. The monoisotopic (exact) mass is 377 g/mol. The third kappa shape index (κ3) is 3.96. The summed E-state index contributed by atoms with van der Waals surface area (Å²) in [7, 11) is 1.16. The largest absolute Gasteiger partial charge is 0.480 e. The normalized spacial score (nSPS) is 11.4. The number of benzene rings is 1. The highest BCUT2D eigenvalue weighted by Crippen LogP contribution is 2.43. The van der Waals surface area contributed by atoms with E-state index in [1.54, 1.807) is 24.3 Å². The van der Waals surface area contributed by atoms with Gasteiger partial charge >= 0.3 is 6.18 Å². The molecule has 0 N–H and O–H groups in total. The zero-order valence-electron chi connectivity index (χ0n) is 13.9. The highest BCUT2D eigenvalue weighted by atomic mass is 32.2. The molecule has 0 spiro atoms. The molecule has 1 aromatic carbocycles. The molecular weight excluding hydrogens is 363 g/mol. The van der Waals surface area contributed by atoms with Gasteiger partial charge in [-0.3, -0.25) is 4.98 Å². The first-order chi connectivity index (χ1) is 12.4. The van der Waals surface area contributed by atoms with Crippen molar-refractivity contribution in [1.29, 1.82) is 0 Å². The standard InChI is InChI=1S/C18H14F3N3OS/c1-11-3-5-13(6-4-11)26-17-14(18(19,20)21)16(25-2)23-15(24-17)12-7-9-22-10-8-12/h3-10H,1-2H3. The van der Waals surface area contributed by atoms with Crippen LogP contribution in [0.15, 0.2) is 58.7 Å². The predicted molar refractivity (Wildman–Crippen MR) is 92.1 cm³/mol. The SMILES string of the molecule is COc1nc(-c2ccncc2)nc(Sc2ccc(C)cc2)c1C(F)(F)F. The minimum absolute atomic E-state index is 0.145. The number of rotatable bonds is 4. The summed E-state index contributed by atoms with van der Waals surface area (Å²) >= 11 is 0.921. The lowest BCUT2D eigenvalue weighted by molar-refractivity contribution is -0.141. The van der Waals surface area contributed by atoms with Gasteiger partial charge in [0.05, 0.1) is 7.11 Å². The molecule has 0 radical (unpaired) electrons. The number of methoxy groups -OCH3 is 1. The summed E-state index contributed by atoms with van der Waals surface area (Å²) in [6.45, 7) is 1.91. The Labute approximate surface area is 152 Å². The molecule has 3 rings (SSSR count). The molecule has 2 heterocycles. The fourth-order valence-electron chi connectivity index (χ4n) is 2.23. The second-order valence-corrected chi connectivity index (χ2v) is 6.45. The van der Waals surface area contributed by atoms with E-state index in [9.17, 15) is 13.2 Å². The van der Waals surface area contributed by atoms with Crippen LogP contribution in [0.25, 0.3) is 11.4 Å². The van der Waals surface area contributed by atoms with E-state index >= 15 is 0 Å². The molecule has 0 fully saturated rings. The highest BCUT2D eigenvalue weighted by Gasteiger charge is 2.40. The Morgan fingerprint density at radius 3 is 2.19 bits per heavy atom. The summed E-state index contributed by atoms with van der Waals surface area (Å²) in [6.07, 6.45) is -1.60. The number of pyridine rings is 1. The van der Waals surface area contributed by atoms with Gasteiger partial charge in [0.2, 0.25) is 5.88 Å². The van der Waals surface area contributed by atoms with E-state index in [-0.39, 0.29) is 10.9 Å². The molecule has 0 atom stereocenters. The van der Waals surface area contributed by atoms with Crippen LogP contribution in [0.2, 0.25) is 0 Å². The van der Waals surface area contributed by atoms with Crippen molar-refractivity contribution in [2.24, 2.45) is 0 Å². The zero-order chi connectivity index (χ0) is 18.7.